The number of methoxy groups -OCH3 is 1. The number of ether oxygens (including phenoxy) is 2. The van der Waals surface area contributed by atoms with Gasteiger partial charge >= 0.3 is 0 Å². The van der Waals surface area contributed by atoms with Crippen LogP contribution in [0.3, 0.4) is 0 Å². The van der Waals surface area contributed by atoms with E-state index < -0.39 is 6.10 Å². The Bertz CT molecular complexity index is 113. The zero-order valence-corrected chi connectivity index (χ0v) is 9.46. The van der Waals surface area contributed by atoms with Crippen molar-refractivity contribution in [2.75, 3.05) is 45.0 Å². The Hall–Kier alpha value is 0.190. The molecule has 0 aromatic rings. The van der Waals surface area contributed by atoms with Crippen LogP contribution in [0.5, 0.6) is 0 Å². The molecule has 2 N–H and O–H groups in total. The van der Waals surface area contributed by atoms with Gasteiger partial charge < -0.3 is 19.7 Å². The molecule has 0 aromatic heterocycles. The first-order valence-corrected chi connectivity index (χ1v) is 5.90. The van der Waals surface area contributed by atoms with Gasteiger partial charge in [-0.05, 0) is 12.2 Å². The third-order valence-corrected chi connectivity index (χ3v) is 2.73. The van der Waals surface area contributed by atoms with Crippen LogP contribution in [0.15, 0.2) is 0 Å². The summed E-state index contributed by atoms with van der Waals surface area (Å²) >= 11 is 1.63. The van der Waals surface area contributed by atoms with E-state index in [1.54, 1.807) is 18.9 Å². The fourth-order valence-corrected chi connectivity index (χ4v) is 1.65. The van der Waals surface area contributed by atoms with Crippen molar-refractivity contribution < 1.29 is 19.7 Å². The van der Waals surface area contributed by atoms with Gasteiger partial charge in [0.05, 0.1) is 25.9 Å². The second-order valence-electron chi connectivity index (χ2n) is 2.87. The van der Waals surface area contributed by atoms with Gasteiger partial charge in [0.1, 0.15) is 0 Å². The molecule has 0 aromatic carbocycles. The number of hydrogen-bond acceptors (Lipinski definition) is 5. The molecule has 0 heterocycles. The fourth-order valence-electron chi connectivity index (χ4n) is 0.779. The molecule has 0 aliphatic carbocycles. The first-order chi connectivity index (χ1) is 6.81. The zero-order valence-electron chi connectivity index (χ0n) is 8.65. The van der Waals surface area contributed by atoms with Crippen molar-refractivity contribution in [3.8, 4) is 0 Å². The lowest BCUT2D eigenvalue weighted by molar-refractivity contribution is 0.0713. The van der Waals surface area contributed by atoms with Gasteiger partial charge in [-0.25, -0.2) is 0 Å². The summed E-state index contributed by atoms with van der Waals surface area (Å²) in [6, 6.07) is 0. The van der Waals surface area contributed by atoms with E-state index >= 15 is 0 Å². The minimum atomic E-state index is -0.589. The average Bonchev–Trinajstić information content (AvgIpc) is 2.21. The van der Waals surface area contributed by atoms with Crippen molar-refractivity contribution in [2.45, 2.75) is 12.5 Å². The van der Waals surface area contributed by atoms with Crippen LogP contribution < -0.4 is 0 Å². The van der Waals surface area contributed by atoms with Gasteiger partial charge in [-0.2, -0.15) is 11.8 Å². The highest BCUT2D eigenvalue weighted by Gasteiger charge is 2.00. The lowest BCUT2D eigenvalue weighted by Crippen LogP contribution is -2.15. The lowest BCUT2D eigenvalue weighted by atomic mass is 10.4. The lowest BCUT2D eigenvalue weighted by Gasteiger charge is -2.06. The molecule has 0 aliphatic heterocycles. The Labute approximate surface area is 89.6 Å². The highest BCUT2D eigenvalue weighted by atomic mass is 32.2. The quantitative estimate of drug-likeness (QED) is 0.516. The van der Waals surface area contributed by atoms with Gasteiger partial charge in [-0.3, -0.25) is 0 Å². The number of hydrogen-bond donors (Lipinski definition) is 2. The molecule has 0 bridgehead atoms. The third-order valence-electron chi connectivity index (χ3n) is 1.53. The molecule has 0 saturated carbocycles. The van der Waals surface area contributed by atoms with Crippen LogP contribution in [0.1, 0.15) is 6.42 Å². The van der Waals surface area contributed by atoms with E-state index in [4.69, 9.17) is 19.7 Å². The summed E-state index contributed by atoms with van der Waals surface area (Å²) < 4.78 is 10.1. The fraction of sp³-hybridized carbons (Fsp3) is 1.00. The number of rotatable bonds is 10. The largest absolute Gasteiger partial charge is 0.394 e. The predicted molar refractivity (Wildman–Crippen MR) is 57.7 cm³/mol. The molecule has 1 atom stereocenters. The third kappa shape index (κ3) is 10.3. The predicted octanol–water partition coefficient (Wildman–Crippen LogP) is 0.126. The molecular weight excluding hydrogens is 204 g/mol. The molecule has 0 radical (unpaired) electrons. The molecule has 5 heteroatoms. The Kier molecular flexibility index (Phi) is 11.4. The zero-order chi connectivity index (χ0) is 10.6. The highest BCUT2D eigenvalue weighted by Crippen LogP contribution is 2.04. The minimum Gasteiger partial charge on any atom is -0.394 e. The van der Waals surface area contributed by atoms with Crippen LogP contribution in [-0.2, 0) is 9.47 Å². The van der Waals surface area contributed by atoms with Crippen LogP contribution in [-0.4, -0.2) is 61.4 Å². The smallest absolute Gasteiger partial charge is 0.0861 e. The Morgan fingerprint density at radius 1 is 1.29 bits per heavy atom. The average molecular weight is 224 g/mol. The van der Waals surface area contributed by atoms with Gasteiger partial charge in [0, 0.05) is 19.5 Å². The van der Waals surface area contributed by atoms with Crippen LogP contribution in [0.2, 0.25) is 0 Å². The van der Waals surface area contributed by atoms with Gasteiger partial charge in [0.25, 0.3) is 0 Å². The topological polar surface area (TPSA) is 58.9 Å². The summed E-state index contributed by atoms with van der Waals surface area (Å²) in [5.41, 5.74) is 0. The number of aliphatic hydroxyl groups is 2. The van der Waals surface area contributed by atoms with E-state index in [1.807, 2.05) is 0 Å². The number of aliphatic hydroxyl groups excluding tert-OH is 2. The maximum Gasteiger partial charge on any atom is 0.0861 e. The van der Waals surface area contributed by atoms with Crippen LogP contribution in [0, 0.1) is 0 Å². The highest BCUT2D eigenvalue weighted by molar-refractivity contribution is 7.99. The first kappa shape index (κ1) is 14.2. The van der Waals surface area contributed by atoms with Crippen LogP contribution in [0.4, 0.5) is 0 Å². The minimum absolute atomic E-state index is 0.155. The van der Waals surface area contributed by atoms with Gasteiger partial charge in [0.2, 0.25) is 0 Å². The van der Waals surface area contributed by atoms with E-state index in [1.165, 1.54) is 0 Å². The molecular formula is C9H20O4S. The molecule has 0 rings (SSSR count). The van der Waals surface area contributed by atoms with Crippen LogP contribution in [0.25, 0.3) is 0 Å². The standard InChI is InChI=1S/C9H20O4S/c1-12-4-5-13-3-2-6-14-8-9(11)7-10/h9-11H,2-8H2,1H3. The number of thioether (sulfide) groups is 1. The van der Waals surface area contributed by atoms with E-state index in [0.29, 0.717) is 19.0 Å². The Balaban J connectivity index is 2.92. The molecule has 0 aliphatic rings. The molecule has 0 fully saturated rings. The van der Waals surface area contributed by atoms with E-state index in [-0.39, 0.29) is 6.61 Å². The monoisotopic (exact) mass is 224 g/mol. The van der Waals surface area contributed by atoms with E-state index in [2.05, 4.69) is 0 Å². The molecule has 1 unspecified atom stereocenters. The molecule has 0 amide bonds. The summed E-state index contributed by atoms with van der Waals surface area (Å²) in [6.45, 7) is 1.85. The van der Waals surface area contributed by atoms with Crippen molar-refractivity contribution in [1.29, 1.82) is 0 Å². The summed E-state index contributed by atoms with van der Waals surface area (Å²) in [5, 5.41) is 17.5. The summed E-state index contributed by atoms with van der Waals surface area (Å²) in [4.78, 5) is 0. The summed E-state index contributed by atoms with van der Waals surface area (Å²) in [5.74, 6) is 1.54. The van der Waals surface area contributed by atoms with E-state index in [9.17, 15) is 0 Å². The Morgan fingerprint density at radius 2 is 2.07 bits per heavy atom. The van der Waals surface area contributed by atoms with Crippen molar-refractivity contribution in [1.82, 2.24) is 0 Å². The maximum atomic E-state index is 9.01. The van der Waals surface area contributed by atoms with Crippen LogP contribution >= 0.6 is 11.8 Å². The van der Waals surface area contributed by atoms with Crippen molar-refractivity contribution in [3.63, 3.8) is 0 Å². The van der Waals surface area contributed by atoms with Gasteiger partial charge in [-0.15, -0.1) is 0 Å². The van der Waals surface area contributed by atoms with Crippen molar-refractivity contribution in [2.24, 2.45) is 0 Å². The molecule has 0 spiro atoms. The maximum absolute atomic E-state index is 9.01. The first-order valence-electron chi connectivity index (χ1n) is 4.74. The van der Waals surface area contributed by atoms with Gasteiger partial charge in [-0.1, -0.05) is 0 Å². The summed E-state index contributed by atoms with van der Waals surface area (Å²) in [7, 11) is 1.65. The Morgan fingerprint density at radius 3 is 2.71 bits per heavy atom. The van der Waals surface area contributed by atoms with Gasteiger partial charge in [0.15, 0.2) is 0 Å². The SMILES string of the molecule is COCCOCCCSCC(O)CO. The van der Waals surface area contributed by atoms with Crippen molar-refractivity contribution >= 4 is 11.8 Å². The normalized spacial score (nSPS) is 13.1. The summed E-state index contributed by atoms with van der Waals surface area (Å²) in [6.07, 6.45) is 0.376. The second kappa shape index (κ2) is 11.3. The molecule has 86 valence electrons. The second-order valence-corrected chi connectivity index (χ2v) is 4.02. The molecule has 4 nitrogen and oxygen atoms in total. The molecule has 0 saturated heterocycles. The molecule has 14 heavy (non-hydrogen) atoms. The van der Waals surface area contributed by atoms with Crippen molar-refractivity contribution in [3.05, 3.63) is 0 Å². The van der Waals surface area contributed by atoms with E-state index in [0.717, 1.165) is 18.8 Å².